The number of aromatic nitrogens is 1. The number of hydrogen-bond acceptors (Lipinski definition) is 7. The smallest absolute Gasteiger partial charge is 0.230 e. The van der Waals surface area contributed by atoms with Gasteiger partial charge in [0, 0.05) is 17.7 Å². The van der Waals surface area contributed by atoms with Crippen molar-refractivity contribution in [3.63, 3.8) is 0 Å². The van der Waals surface area contributed by atoms with Crippen LogP contribution in [0.15, 0.2) is 47.0 Å². The molecule has 0 atom stereocenters. The fourth-order valence-electron chi connectivity index (χ4n) is 2.99. The zero-order valence-electron chi connectivity index (χ0n) is 16.1. The van der Waals surface area contributed by atoms with Gasteiger partial charge in [0.1, 0.15) is 24.7 Å². The Hall–Kier alpha value is -3.68. The molecule has 0 saturated heterocycles. The second-order valence-corrected chi connectivity index (χ2v) is 6.33. The molecule has 2 heterocycles. The van der Waals surface area contributed by atoms with Crippen LogP contribution in [0, 0.1) is 0 Å². The van der Waals surface area contributed by atoms with Gasteiger partial charge in [0.05, 0.1) is 32.0 Å². The van der Waals surface area contributed by atoms with Gasteiger partial charge in [0.15, 0.2) is 17.3 Å². The predicted octanol–water partition coefficient (Wildman–Crippen LogP) is 3.31. The van der Waals surface area contributed by atoms with E-state index in [1.54, 1.807) is 31.4 Å². The molecule has 2 aromatic carbocycles. The highest BCUT2D eigenvalue weighted by molar-refractivity contribution is 5.93. The Labute approximate surface area is 167 Å². The van der Waals surface area contributed by atoms with E-state index in [1.807, 2.05) is 18.2 Å². The maximum atomic E-state index is 12.4. The van der Waals surface area contributed by atoms with E-state index in [1.165, 1.54) is 7.11 Å². The van der Waals surface area contributed by atoms with Gasteiger partial charge in [-0.05, 0) is 30.3 Å². The van der Waals surface area contributed by atoms with E-state index in [-0.39, 0.29) is 12.3 Å². The first kappa shape index (κ1) is 18.7. The molecule has 1 aromatic heterocycles. The summed E-state index contributed by atoms with van der Waals surface area (Å²) in [6, 6.07) is 12.4. The molecule has 0 fully saturated rings. The fourth-order valence-corrected chi connectivity index (χ4v) is 2.99. The highest BCUT2D eigenvalue weighted by Crippen LogP contribution is 2.35. The quantitative estimate of drug-likeness (QED) is 0.683. The molecule has 0 bridgehead atoms. The van der Waals surface area contributed by atoms with Gasteiger partial charge in [-0.25, -0.2) is 0 Å². The second kappa shape index (κ2) is 8.14. The minimum atomic E-state index is -0.240. The number of fused-ring (bicyclic) bond motifs is 1. The van der Waals surface area contributed by atoms with Crippen molar-refractivity contribution in [3.8, 4) is 34.3 Å². The van der Waals surface area contributed by atoms with Gasteiger partial charge >= 0.3 is 0 Å². The molecule has 0 saturated carbocycles. The number of benzene rings is 2. The number of amides is 1. The topological polar surface area (TPSA) is 92.1 Å². The zero-order valence-corrected chi connectivity index (χ0v) is 16.1. The molecule has 0 unspecified atom stereocenters. The predicted molar refractivity (Wildman–Crippen MR) is 105 cm³/mol. The molecule has 29 heavy (non-hydrogen) atoms. The third kappa shape index (κ3) is 4.11. The molecular formula is C21H20N2O6. The van der Waals surface area contributed by atoms with Crippen molar-refractivity contribution < 1.29 is 28.3 Å². The molecule has 3 aromatic rings. The van der Waals surface area contributed by atoms with Crippen LogP contribution in [-0.2, 0) is 11.2 Å². The molecule has 1 amide bonds. The van der Waals surface area contributed by atoms with Crippen LogP contribution < -0.4 is 24.3 Å². The number of nitrogens with one attached hydrogen (secondary N) is 1. The van der Waals surface area contributed by atoms with Gasteiger partial charge in [0.25, 0.3) is 0 Å². The molecule has 0 radical (unpaired) electrons. The molecule has 1 aliphatic rings. The first-order chi connectivity index (χ1) is 14.2. The third-order valence-electron chi connectivity index (χ3n) is 4.41. The van der Waals surface area contributed by atoms with Crippen molar-refractivity contribution in [2.45, 2.75) is 6.42 Å². The van der Waals surface area contributed by atoms with Gasteiger partial charge in [-0.15, -0.1) is 0 Å². The van der Waals surface area contributed by atoms with E-state index in [4.69, 9.17) is 23.5 Å². The van der Waals surface area contributed by atoms with Crippen molar-refractivity contribution in [3.05, 3.63) is 48.2 Å². The Bertz CT molecular complexity index is 1030. The summed E-state index contributed by atoms with van der Waals surface area (Å²) in [5, 5.41) is 6.81. The normalized spacial score (nSPS) is 12.3. The van der Waals surface area contributed by atoms with Crippen LogP contribution in [0.25, 0.3) is 11.3 Å². The molecule has 1 N–H and O–H groups in total. The fraction of sp³-hybridized carbons (Fsp3) is 0.238. The Morgan fingerprint density at radius 2 is 1.86 bits per heavy atom. The van der Waals surface area contributed by atoms with Crippen LogP contribution in [0.2, 0.25) is 0 Å². The minimum absolute atomic E-state index is 0.0588. The lowest BCUT2D eigenvalue weighted by Gasteiger charge is -2.18. The van der Waals surface area contributed by atoms with E-state index in [0.29, 0.717) is 53.4 Å². The van der Waals surface area contributed by atoms with Gasteiger partial charge < -0.3 is 28.8 Å². The second-order valence-electron chi connectivity index (χ2n) is 6.33. The number of methoxy groups -OCH3 is 2. The summed E-state index contributed by atoms with van der Waals surface area (Å²) in [4.78, 5) is 12.4. The number of carbonyl (C=O) groups excluding carboxylic acids is 1. The molecule has 4 rings (SSSR count). The zero-order chi connectivity index (χ0) is 20.2. The van der Waals surface area contributed by atoms with Gasteiger partial charge in [-0.1, -0.05) is 5.16 Å². The van der Waals surface area contributed by atoms with Crippen LogP contribution >= 0.6 is 0 Å². The molecule has 0 spiro atoms. The first-order valence-electron chi connectivity index (χ1n) is 9.04. The van der Waals surface area contributed by atoms with Crippen LogP contribution in [-0.4, -0.2) is 38.5 Å². The van der Waals surface area contributed by atoms with Crippen LogP contribution in [0.1, 0.15) is 5.69 Å². The standard InChI is InChI=1S/C21H20N2O6/c1-25-15-4-5-16(19(12-15)26-2)22-21(24)11-14-10-18(29-23-14)13-3-6-17-20(9-13)28-8-7-27-17/h3-6,9-10,12H,7-8,11H2,1-2H3,(H,22,24). The maximum absolute atomic E-state index is 12.4. The number of rotatable bonds is 6. The average molecular weight is 396 g/mol. The minimum Gasteiger partial charge on any atom is -0.497 e. The summed E-state index contributed by atoms with van der Waals surface area (Å²) in [7, 11) is 3.10. The highest BCUT2D eigenvalue weighted by atomic mass is 16.6. The Morgan fingerprint density at radius 1 is 1.03 bits per heavy atom. The van der Waals surface area contributed by atoms with Gasteiger partial charge in [-0.2, -0.15) is 0 Å². The third-order valence-corrected chi connectivity index (χ3v) is 4.41. The lowest BCUT2D eigenvalue weighted by molar-refractivity contribution is -0.115. The monoisotopic (exact) mass is 396 g/mol. The summed E-state index contributed by atoms with van der Waals surface area (Å²) in [6.07, 6.45) is 0.0588. The molecule has 8 heteroatoms. The van der Waals surface area contributed by atoms with E-state index < -0.39 is 0 Å². The molecule has 1 aliphatic heterocycles. The average Bonchev–Trinajstić information content (AvgIpc) is 3.22. The van der Waals surface area contributed by atoms with Crippen LogP contribution in [0.5, 0.6) is 23.0 Å². The molecule has 0 aliphatic carbocycles. The summed E-state index contributed by atoms with van der Waals surface area (Å²) in [5.41, 5.74) is 1.86. The van der Waals surface area contributed by atoms with Gasteiger partial charge in [0.2, 0.25) is 5.91 Å². The van der Waals surface area contributed by atoms with Crippen LogP contribution in [0.3, 0.4) is 0 Å². The summed E-state index contributed by atoms with van der Waals surface area (Å²) >= 11 is 0. The van der Waals surface area contributed by atoms with E-state index in [0.717, 1.165) is 5.56 Å². The number of anilines is 1. The lowest BCUT2D eigenvalue weighted by atomic mass is 10.1. The summed E-state index contributed by atoms with van der Waals surface area (Å²) in [6.45, 7) is 1.04. The van der Waals surface area contributed by atoms with Crippen molar-refractivity contribution in [1.29, 1.82) is 0 Å². The largest absolute Gasteiger partial charge is 0.497 e. The van der Waals surface area contributed by atoms with Crippen molar-refractivity contribution in [1.82, 2.24) is 5.16 Å². The Morgan fingerprint density at radius 3 is 2.66 bits per heavy atom. The molecular weight excluding hydrogens is 376 g/mol. The molecule has 8 nitrogen and oxygen atoms in total. The van der Waals surface area contributed by atoms with E-state index >= 15 is 0 Å². The summed E-state index contributed by atoms with van der Waals surface area (Å²) in [5.74, 6) is 2.82. The number of ether oxygens (including phenoxy) is 4. The number of hydrogen-bond donors (Lipinski definition) is 1. The van der Waals surface area contributed by atoms with Crippen LogP contribution in [0.4, 0.5) is 5.69 Å². The van der Waals surface area contributed by atoms with Crippen molar-refractivity contribution >= 4 is 11.6 Å². The molecule has 150 valence electrons. The Kier molecular flexibility index (Phi) is 5.24. The highest BCUT2D eigenvalue weighted by Gasteiger charge is 2.16. The maximum Gasteiger partial charge on any atom is 0.230 e. The van der Waals surface area contributed by atoms with E-state index in [2.05, 4.69) is 10.5 Å². The SMILES string of the molecule is COc1ccc(NC(=O)Cc2cc(-c3ccc4c(c3)OCCO4)on2)c(OC)c1. The van der Waals surface area contributed by atoms with E-state index in [9.17, 15) is 4.79 Å². The van der Waals surface area contributed by atoms with Crippen molar-refractivity contribution in [2.24, 2.45) is 0 Å². The van der Waals surface area contributed by atoms with Crippen molar-refractivity contribution in [2.75, 3.05) is 32.8 Å². The number of nitrogens with zero attached hydrogens (tertiary/aromatic N) is 1. The number of carbonyl (C=O) groups is 1. The summed E-state index contributed by atoms with van der Waals surface area (Å²) < 4.78 is 27.0. The van der Waals surface area contributed by atoms with Gasteiger partial charge in [-0.3, -0.25) is 4.79 Å². The Balaban J connectivity index is 1.45. The first-order valence-corrected chi connectivity index (χ1v) is 9.04. The lowest BCUT2D eigenvalue weighted by Crippen LogP contribution is -2.15.